The smallest absolute Gasteiger partial charge is 0.416 e. The van der Waals surface area contributed by atoms with Crippen molar-refractivity contribution in [3.8, 4) is 5.75 Å². The molecule has 1 atom stereocenters. The van der Waals surface area contributed by atoms with Crippen LogP contribution in [0.5, 0.6) is 5.75 Å². The zero-order chi connectivity index (χ0) is 14.5. The molecule has 0 aliphatic carbocycles. The molecule has 0 aliphatic heterocycles. The maximum atomic E-state index is 12.5. The molecule has 1 rings (SSSR count). The van der Waals surface area contributed by atoms with Crippen molar-refractivity contribution in [2.75, 3.05) is 5.73 Å². The Morgan fingerprint density at radius 1 is 1.26 bits per heavy atom. The van der Waals surface area contributed by atoms with Gasteiger partial charge in [0.05, 0.1) is 17.4 Å². The van der Waals surface area contributed by atoms with Crippen LogP contribution in [0.1, 0.15) is 45.1 Å². The molecule has 1 aromatic rings. The van der Waals surface area contributed by atoms with E-state index in [-0.39, 0.29) is 11.8 Å². The highest BCUT2D eigenvalue weighted by Gasteiger charge is 2.31. The number of hydrogen-bond acceptors (Lipinski definition) is 2. The third kappa shape index (κ3) is 4.65. The normalized spacial score (nSPS) is 13.3. The second kappa shape index (κ2) is 6.68. The fourth-order valence-corrected chi connectivity index (χ4v) is 1.79. The number of unbranched alkanes of at least 4 members (excludes halogenated alkanes) is 1. The van der Waals surface area contributed by atoms with Crippen molar-refractivity contribution in [3.05, 3.63) is 23.8 Å². The summed E-state index contributed by atoms with van der Waals surface area (Å²) in [5.41, 5.74) is 4.91. The number of halogens is 3. The van der Waals surface area contributed by atoms with Crippen LogP contribution in [0.15, 0.2) is 18.2 Å². The highest BCUT2D eigenvalue weighted by Crippen LogP contribution is 2.34. The molecule has 5 heteroatoms. The van der Waals surface area contributed by atoms with Gasteiger partial charge in [-0.05, 0) is 31.0 Å². The van der Waals surface area contributed by atoms with Gasteiger partial charge in [-0.15, -0.1) is 0 Å². The lowest BCUT2D eigenvalue weighted by atomic mass is 10.1. The first-order chi connectivity index (χ1) is 8.88. The molecular formula is C14H20F3NO. The van der Waals surface area contributed by atoms with Gasteiger partial charge >= 0.3 is 6.18 Å². The van der Waals surface area contributed by atoms with E-state index in [1.807, 2.05) is 6.92 Å². The topological polar surface area (TPSA) is 35.2 Å². The fourth-order valence-electron chi connectivity index (χ4n) is 1.79. The van der Waals surface area contributed by atoms with Crippen molar-refractivity contribution in [3.63, 3.8) is 0 Å². The molecule has 2 nitrogen and oxygen atoms in total. The lowest BCUT2D eigenvalue weighted by Gasteiger charge is -2.19. The van der Waals surface area contributed by atoms with E-state index in [0.717, 1.165) is 37.8 Å². The summed E-state index contributed by atoms with van der Waals surface area (Å²) < 4.78 is 43.2. The second-order valence-electron chi connectivity index (χ2n) is 4.54. The predicted octanol–water partition coefficient (Wildman–Crippen LogP) is 4.64. The van der Waals surface area contributed by atoms with Gasteiger partial charge in [-0.25, -0.2) is 0 Å². The monoisotopic (exact) mass is 275 g/mol. The molecule has 2 N–H and O–H groups in total. The number of nitrogens with two attached hydrogens (primary N) is 1. The summed E-state index contributed by atoms with van der Waals surface area (Å²) in [6.45, 7) is 4.07. The molecule has 0 fully saturated rings. The molecule has 19 heavy (non-hydrogen) atoms. The van der Waals surface area contributed by atoms with E-state index in [1.165, 1.54) is 6.07 Å². The van der Waals surface area contributed by atoms with E-state index in [1.54, 1.807) is 0 Å². The van der Waals surface area contributed by atoms with Crippen LogP contribution in [-0.2, 0) is 6.18 Å². The standard InChI is InChI=1S/C14H20F3NO/c1-3-5-6-11(4-2)19-13-8-7-10(9-12(13)18)14(15,16)17/h7-9,11H,3-6,18H2,1-2H3. The first-order valence-electron chi connectivity index (χ1n) is 6.51. The van der Waals surface area contributed by atoms with Crippen LogP contribution in [0.4, 0.5) is 18.9 Å². The van der Waals surface area contributed by atoms with E-state index in [2.05, 4.69) is 6.92 Å². The number of rotatable bonds is 6. The zero-order valence-electron chi connectivity index (χ0n) is 11.3. The van der Waals surface area contributed by atoms with Crippen molar-refractivity contribution >= 4 is 5.69 Å². The molecule has 1 aromatic carbocycles. The van der Waals surface area contributed by atoms with Crippen LogP contribution in [0.3, 0.4) is 0 Å². The maximum Gasteiger partial charge on any atom is 0.416 e. The van der Waals surface area contributed by atoms with E-state index in [0.29, 0.717) is 5.75 Å². The first-order valence-corrected chi connectivity index (χ1v) is 6.51. The number of anilines is 1. The van der Waals surface area contributed by atoms with Gasteiger partial charge < -0.3 is 10.5 Å². The lowest BCUT2D eigenvalue weighted by molar-refractivity contribution is -0.137. The quantitative estimate of drug-likeness (QED) is 0.768. The minimum absolute atomic E-state index is 0.000938. The molecule has 0 heterocycles. The molecule has 108 valence electrons. The van der Waals surface area contributed by atoms with Crippen molar-refractivity contribution in [1.29, 1.82) is 0 Å². The Morgan fingerprint density at radius 2 is 1.95 bits per heavy atom. The summed E-state index contributed by atoms with van der Waals surface area (Å²) in [7, 11) is 0. The average Bonchev–Trinajstić information content (AvgIpc) is 2.35. The third-order valence-electron chi connectivity index (χ3n) is 2.97. The predicted molar refractivity (Wildman–Crippen MR) is 70.1 cm³/mol. The molecule has 0 spiro atoms. The highest BCUT2D eigenvalue weighted by atomic mass is 19.4. The Morgan fingerprint density at radius 3 is 2.42 bits per heavy atom. The number of hydrogen-bond donors (Lipinski definition) is 1. The second-order valence-corrected chi connectivity index (χ2v) is 4.54. The SMILES string of the molecule is CCCCC(CC)Oc1ccc(C(F)(F)F)cc1N. The van der Waals surface area contributed by atoms with Crippen LogP contribution in [0.2, 0.25) is 0 Å². The van der Waals surface area contributed by atoms with Crippen LogP contribution in [0.25, 0.3) is 0 Å². The minimum atomic E-state index is -4.38. The summed E-state index contributed by atoms with van der Waals surface area (Å²) in [6.07, 6.45) is -0.604. The maximum absolute atomic E-state index is 12.5. The molecule has 0 saturated carbocycles. The van der Waals surface area contributed by atoms with Gasteiger partial charge in [0.2, 0.25) is 0 Å². The highest BCUT2D eigenvalue weighted by molar-refractivity contribution is 5.54. The van der Waals surface area contributed by atoms with Gasteiger partial charge in [-0.2, -0.15) is 13.2 Å². The summed E-state index contributed by atoms with van der Waals surface area (Å²) in [5.74, 6) is 0.330. The summed E-state index contributed by atoms with van der Waals surface area (Å²) in [5, 5.41) is 0. The number of benzene rings is 1. The Kier molecular flexibility index (Phi) is 5.51. The van der Waals surface area contributed by atoms with E-state index in [4.69, 9.17) is 10.5 Å². The van der Waals surface area contributed by atoms with E-state index >= 15 is 0 Å². The lowest BCUT2D eigenvalue weighted by Crippen LogP contribution is -2.16. The molecule has 0 saturated heterocycles. The first kappa shape index (κ1) is 15.7. The number of alkyl halides is 3. The molecule has 0 radical (unpaired) electrons. The van der Waals surface area contributed by atoms with Gasteiger partial charge in [-0.1, -0.05) is 26.7 Å². The summed E-state index contributed by atoms with van der Waals surface area (Å²) >= 11 is 0. The molecule has 0 aromatic heterocycles. The largest absolute Gasteiger partial charge is 0.488 e. The van der Waals surface area contributed by atoms with E-state index < -0.39 is 11.7 Å². The molecule has 0 amide bonds. The Bertz CT molecular complexity index is 404. The summed E-state index contributed by atoms with van der Waals surface area (Å²) in [4.78, 5) is 0. The summed E-state index contributed by atoms with van der Waals surface area (Å²) in [6, 6.07) is 3.22. The van der Waals surface area contributed by atoms with Crippen LogP contribution in [0, 0.1) is 0 Å². The van der Waals surface area contributed by atoms with Crippen LogP contribution >= 0.6 is 0 Å². The third-order valence-corrected chi connectivity index (χ3v) is 2.97. The van der Waals surface area contributed by atoms with Crippen molar-refractivity contribution in [2.24, 2.45) is 0 Å². The van der Waals surface area contributed by atoms with Crippen molar-refractivity contribution in [1.82, 2.24) is 0 Å². The van der Waals surface area contributed by atoms with Crippen molar-refractivity contribution in [2.45, 2.75) is 51.8 Å². The average molecular weight is 275 g/mol. The number of nitrogen functional groups attached to an aromatic ring is 1. The Labute approximate surface area is 111 Å². The molecule has 1 unspecified atom stereocenters. The van der Waals surface area contributed by atoms with Crippen LogP contribution in [-0.4, -0.2) is 6.10 Å². The number of ether oxygens (including phenoxy) is 1. The van der Waals surface area contributed by atoms with Crippen molar-refractivity contribution < 1.29 is 17.9 Å². The Hall–Kier alpha value is -1.39. The minimum Gasteiger partial charge on any atom is -0.488 e. The zero-order valence-corrected chi connectivity index (χ0v) is 11.3. The van der Waals surface area contributed by atoms with Gasteiger partial charge in [0.15, 0.2) is 0 Å². The fraction of sp³-hybridized carbons (Fsp3) is 0.571. The molecule has 0 aliphatic rings. The van der Waals surface area contributed by atoms with Crippen LogP contribution < -0.4 is 10.5 Å². The molecular weight excluding hydrogens is 255 g/mol. The van der Waals surface area contributed by atoms with Gasteiger partial charge in [0, 0.05) is 0 Å². The van der Waals surface area contributed by atoms with Gasteiger partial charge in [0.25, 0.3) is 0 Å². The Balaban J connectivity index is 2.79. The van der Waals surface area contributed by atoms with Gasteiger partial charge in [0.1, 0.15) is 5.75 Å². The van der Waals surface area contributed by atoms with E-state index in [9.17, 15) is 13.2 Å². The molecule has 0 bridgehead atoms. The van der Waals surface area contributed by atoms with Gasteiger partial charge in [-0.3, -0.25) is 0 Å².